The van der Waals surface area contributed by atoms with Crippen molar-refractivity contribution >= 4 is 22.5 Å². The van der Waals surface area contributed by atoms with E-state index in [9.17, 15) is 4.79 Å². The van der Waals surface area contributed by atoms with Gasteiger partial charge in [0, 0.05) is 22.8 Å². The second kappa shape index (κ2) is 10.4. The van der Waals surface area contributed by atoms with Gasteiger partial charge in [-0.25, -0.2) is 0 Å². The molecule has 0 fully saturated rings. The van der Waals surface area contributed by atoms with Gasteiger partial charge in [-0.1, -0.05) is 66.7 Å². The van der Waals surface area contributed by atoms with Crippen LogP contribution in [0.5, 0.6) is 11.5 Å². The molecule has 2 heterocycles. The van der Waals surface area contributed by atoms with Crippen LogP contribution in [0.25, 0.3) is 22.0 Å². The summed E-state index contributed by atoms with van der Waals surface area (Å²) in [6.07, 6.45) is 4.25. The number of ether oxygens (including phenoxy) is 1. The second-order valence-electron chi connectivity index (χ2n) is 8.97. The lowest BCUT2D eigenvalue weighted by Crippen LogP contribution is -2.13. The van der Waals surface area contributed by atoms with Crippen LogP contribution in [0.4, 0.5) is 5.69 Å². The third kappa shape index (κ3) is 5.15. The Bertz CT molecular complexity index is 1710. The van der Waals surface area contributed by atoms with Gasteiger partial charge < -0.3 is 10.1 Å². The van der Waals surface area contributed by atoms with Crippen molar-refractivity contribution in [2.75, 3.05) is 5.32 Å². The fourth-order valence-corrected chi connectivity index (χ4v) is 4.40. The van der Waals surface area contributed by atoms with Crippen molar-refractivity contribution in [1.82, 2.24) is 15.2 Å². The van der Waals surface area contributed by atoms with Crippen molar-refractivity contribution in [3.63, 3.8) is 0 Å². The van der Waals surface area contributed by atoms with Crippen molar-refractivity contribution in [2.24, 2.45) is 0 Å². The predicted molar refractivity (Wildman–Crippen MR) is 149 cm³/mol. The first kappa shape index (κ1) is 23.2. The van der Waals surface area contributed by atoms with Gasteiger partial charge in [0.1, 0.15) is 11.5 Å². The minimum atomic E-state index is -0.274. The third-order valence-corrected chi connectivity index (χ3v) is 6.24. The number of carbonyl (C=O) groups excluding carboxylic acids is 1. The van der Waals surface area contributed by atoms with E-state index >= 15 is 0 Å². The molecule has 38 heavy (non-hydrogen) atoms. The summed E-state index contributed by atoms with van der Waals surface area (Å²) in [5.74, 6) is 1.10. The number of amides is 1. The number of H-pyrrole nitrogens is 1. The summed E-state index contributed by atoms with van der Waals surface area (Å²) < 4.78 is 5.94. The molecule has 4 aromatic carbocycles. The Hall–Kier alpha value is -5.23. The van der Waals surface area contributed by atoms with Crippen molar-refractivity contribution < 1.29 is 9.53 Å². The highest BCUT2D eigenvalue weighted by Gasteiger charge is 2.16. The molecule has 0 radical (unpaired) electrons. The smallest absolute Gasteiger partial charge is 0.276 e. The molecule has 2 aromatic heterocycles. The molecule has 0 unspecified atom stereocenters. The number of fused-ring (bicyclic) bond motifs is 1. The summed E-state index contributed by atoms with van der Waals surface area (Å²) in [5.41, 5.74) is 5.96. The molecule has 0 saturated carbocycles. The van der Waals surface area contributed by atoms with Crippen molar-refractivity contribution in [1.29, 1.82) is 0 Å². The Labute approximate surface area is 220 Å². The van der Waals surface area contributed by atoms with Crippen LogP contribution in [-0.4, -0.2) is 21.1 Å². The van der Waals surface area contributed by atoms with E-state index in [1.165, 1.54) is 5.56 Å². The number of anilines is 1. The Morgan fingerprint density at radius 2 is 1.53 bits per heavy atom. The standard InChI is InChI=1S/C32H24N4O2/c37-32(34-26-11-7-10-23(17-26)16-22-8-3-1-4-9-22)31-29-19-24(14-15-30(29)35-36-31)25-18-28(21-33-20-25)38-27-12-5-2-6-13-27/h1-15,17-21H,16H2,(H,34,37)(H,35,36). The first-order valence-corrected chi connectivity index (χ1v) is 12.3. The molecule has 184 valence electrons. The minimum absolute atomic E-state index is 0.274. The molecule has 0 aliphatic carbocycles. The largest absolute Gasteiger partial charge is 0.456 e. The molecule has 6 nitrogen and oxygen atoms in total. The Kier molecular flexibility index (Phi) is 6.35. The van der Waals surface area contributed by atoms with Crippen molar-refractivity contribution in [3.8, 4) is 22.6 Å². The van der Waals surface area contributed by atoms with Crippen LogP contribution in [0.2, 0.25) is 0 Å². The Morgan fingerprint density at radius 3 is 2.37 bits per heavy atom. The van der Waals surface area contributed by atoms with E-state index in [0.717, 1.165) is 45.5 Å². The monoisotopic (exact) mass is 496 g/mol. The van der Waals surface area contributed by atoms with E-state index in [1.54, 1.807) is 12.4 Å². The van der Waals surface area contributed by atoms with Crippen LogP contribution < -0.4 is 10.1 Å². The number of nitrogens with zero attached hydrogens (tertiary/aromatic N) is 2. The molecule has 0 aliphatic rings. The minimum Gasteiger partial charge on any atom is -0.456 e. The molecular weight excluding hydrogens is 472 g/mol. The summed E-state index contributed by atoms with van der Waals surface area (Å²) in [6, 6.07) is 35.5. The summed E-state index contributed by atoms with van der Waals surface area (Å²) in [5, 5.41) is 11.0. The molecule has 6 rings (SSSR count). The fourth-order valence-electron chi connectivity index (χ4n) is 4.40. The second-order valence-corrected chi connectivity index (χ2v) is 8.97. The molecule has 2 N–H and O–H groups in total. The topological polar surface area (TPSA) is 79.9 Å². The van der Waals surface area contributed by atoms with Gasteiger partial charge in [-0.3, -0.25) is 14.9 Å². The molecule has 1 amide bonds. The van der Waals surface area contributed by atoms with E-state index in [-0.39, 0.29) is 5.91 Å². The van der Waals surface area contributed by atoms with Crippen LogP contribution in [0.1, 0.15) is 21.6 Å². The summed E-state index contributed by atoms with van der Waals surface area (Å²) in [6.45, 7) is 0. The molecule has 0 bridgehead atoms. The normalized spacial score (nSPS) is 10.8. The quantitative estimate of drug-likeness (QED) is 0.244. The molecular formula is C32H24N4O2. The van der Waals surface area contributed by atoms with Gasteiger partial charge in [0.25, 0.3) is 5.91 Å². The number of para-hydroxylation sites is 1. The van der Waals surface area contributed by atoms with Crippen molar-refractivity contribution in [2.45, 2.75) is 6.42 Å². The SMILES string of the molecule is O=C(Nc1cccc(Cc2ccccc2)c1)c1n[nH]c2ccc(-c3cncc(Oc4ccccc4)c3)cc12. The van der Waals surface area contributed by atoms with Gasteiger partial charge in [0.15, 0.2) is 5.69 Å². The van der Waals surface area contributed by atoms with Crippen LogP contribution in [0.15, 0.2) is 122 Å². The van der Waals surface area contributed by atoms with Gasteiger partial charge in [0.2, 0.25) is 0 Å². The number of aromatic amines is 1. The summed E-state index contributed by atoms with van der Waals surface area (Å²) in [4.78, 5) is 17.6. The number of benzene rings is 4. The lowest BCUT2D eigenvalue weighted by molar-refractivity contribution is 0.102. The number of hydrogen-bond donors (Lipinski definition) is 2. The number of rotatable bonds is 7. The van der Waals surface area contributed by atoms with Gasteiger partial charge in [-0.2, -0.15) is 5.10 Å². The van der Waals surface area contributed by atoms with Gasteiger partial charge >= 0.3 is 0 Å². The first-order valence-electron chi connectivity index (χ1n) is 12.3. The van der Waals surface area contributed by atoms with E-state index in [0.29, 0.717) is 11.4 Å². The first-order chi connectivity index (χ1) is 18.7. The highest BCUT2D eigenvalue weighted by atomic mass is 16.5. The van der Waals surface area contributed by atoms with E-state index in [1.807, 2.05) is 91.0 Å². The fraction of sp³-hybridized carbons (Fsp3) is 0.0312. The maximum absolute atomic E-state index is 13.2. The maximum atomic E-state index is 13.2. The average molecular weight is 497 g/mol. The van der Waals surface area contributed by atoms with E-state index in [4.69, 9.17) is 4.74 Å². The zero-order chi connectivity index (χ0) is 25.7. The average Bonchev–Trinajstić information content (AvgIpc) is 3.38. The molecule has 0 aliphatic heterocycles. The zero-order valence-electron chi connectivity index (χ0n) is 20.5. The number of aromatic nitrogens is 3. The Morgan fingerprint density at radius 1 is 0.737 bits per heavy atom. The zero-order valence-corrected chi connectivity index (χ0v) is 20.5. The van der Waals surface area contributed by atoms with Gasteiger partial charge in [-0.05, 0) is 65.6 Å². The number of hydrogen-bond acceptors (Lipinski definition) is 4. The highest BCUT2D eigenvalue weighted by molar-refractivity contribution is 6.11. The lowest BCUT2D eigenvalue weighted by Gasteiger charge is -2.08. The van der Waals surface area contributed by atoms with Gasteiger partial charge in [0.05, 0.1) is 11.7 Å². The van der Waals surface area contributed by atoms with Crippen molar-refractivity contribution in [3.05, 3.63) is 138 Å². The predicted octanol–water partition coefficient (Wildman–Crippen LogP) is 7.26. The van der Waals surface area contributed by atoms with E-state index < -0.39 is 0 Å². The summed E-state index contributed by atoms with van der Waals surface area (Å²) >= 11 is 0. The number of carbonyl (C=O) groups is 1. The molecule has 0 saturated heterocycles. The lowest BCUT2D eigenvalue weighted by atomic mass is 10.0. The van der Waals surface area contributed by atoms with Crippen LogP contribution in [0.3, 0.4) is 0 Å². The third-order valence-electron chi connectivity index (χ3n) is 6.24. The number of pyridine rings is 1. The highest BCUT2D eigenvalue weighted by Crippen LogP contribution is 2.29. The molecule has 6 aromatic rings. The maximum Gasteiger partial charge on any atom is 0.276 e. The number of nitrogens with one attached hydrogen (secondary N) is 2. The summed E-state index contributed by atoms with van der Waals surface area (Å²) in [7, 11) is 0. The molecule has 0 atom stereocenters. The van der Waals surface area contributed by atoms with Crippen LogP contribution >= 0.6 is 0 Å². The van der Waals surface area contributed by atoms with Gasteiger partial charge in [-0.15, -0.1) is 0 Å². The van der Waals surface area contributed by atoms with E-state index in [2.05, 4.69) is 38.7 Å². The van der Waals surface area contributed by atoms with Crippen LogP contribution in [0, 0.1) is 0 Å². The van der Waals surface area contributed by atoms with Crippen LogP contribution in [-0.2, 0) is 6.42 Å². The molecule has 6 heteroatoms. The Balaban J connectivity index is 1.23. The molecule has 0 spiro atoms.